The molecule has 0 saturated heterocycles. The van der Waals surface area contributed by atoms with Gasteiger partial charge in [0.05, 0.1) is 17.2 Å². The number of fused-ring (bicyclic) bond motifs is 1. The number of nitrogens with one attached hydrogen (secondary N) is 2. The minimum atomic E-state index is -3.61. The average Bonchev–Trinajstić information content (AvgIpc) is 3.13. The Balaban J connectivity index is 1.91. The van der Waals surface area contributed by atoms with Crippen LogP contribution in [0, 0.1) is 0 Å². The fourth-order valence-corrected chi connectivity index (χ4v) is 4.76. The van der Waals surface area contributed by atoms with Crippen molar-refractivity contribution in [2.75, 3.05) is 25.0 Å². The highest BCUT2D eigenvalue weighted by Gasteiger charge is 2.23. The van der Waals surface area contributed by atoms with Gasteiger partial charge in [0.15, 0.2) is 0 Å². The number of nitrogens with zero attached hydrogens (tertiary/aromatic N) is 1. The van der Waals surface area contributed by atoms with Gasteiger partial charge >= 0.3 is 5.97 Å². The van der Waals surface area contributed by atoms with Crippen molar-refractivity contribution in [2.45, 2.75) is 25.7 Å². The van der Waals surface area contributed by atoms with Gasteiger partial charge in [-0.25, -0.2) is 13.2 Å². The standard InChI is InChI=1S/C22H25N3O5S/c1-4-25(5-2)31(28,29)16-13-11-15(12-14-16)21(26)24-19-17-9-7-8-10-18(17)23-20(19)22(27)30-6-3/h7-14,23H,4-6H2,1-3H3,(H,24,26). The molecule has 164 valence electrons. The fraction of sp³-hybridized carbons (Fsp3) is 0.273. The van der Waals surface area contributed by atoms with E-state index in [0.29, 0.717) is 29.7 Å². The Morgan fingerprint density at radius 3 is 2.26 bits per heavy atom. The van der Waals surface area contributed by atoms with Crippen molar-refractivity contribution < 1.29 is 22.7 Å². The molecule has 9 heteroatoms. The molecule has 2 N–H and O–H groups in total. The Morgan fingerprint density at radius 2 is 1.65 bits per heavy atom. The molecule has 2 aromatic carbocycles. The maximum atomic E-state index is 12.9. The van der Waals surface area contributed by atoms with Crippen LogP contribution < -0.4 is 5.32 Å². The van der Waals surface area contributed by atoms with Gasteiger partial charge in [0.2, 0.25) is 10.0 Å². The number of esters is 1. The number of aromatic amines is 1. The van der Waals surface area contributed by atoms with Crippen LogP contribution in [0.5, 0.6) is 0 Å². The number of para-hydroxylation sites is 1. The zero-order valence-corrected chi connectivity index (χ0v) is 18.5. The summed E-state index contributed by atoms with van der Waals surface area (Å²) >= 11 is 0. The van der Waals surface area contributed by atoms with Gasteiger partial charge in [0.1, 0.15) is 5.69 Å². The van der Waals surface area contributed by atoms with E-state index in [1.807, 2.05) is 6.07 Å². The van der Waals surface area contributed by atoms with Crippen molar-refractivity contribution in [3.05, 3.63) is 59.8 Å². The molecule has 0 radical (unpaired) electrons. The maximum absolute atomic E-state index is 12.9. The Morgan fingerprint density at radius 1 is 1.00 bits per heavy atom. The minimum absolute atomic E-state index is 0.118. The number of hydrogen-bond donors (Lipinski definition) is 2. The predicted octanol–water partition coefficient (Wildman–Crippen LogP) is 3.63. The molecule has 1 aromatic heterocycles. The SMILES string of the molecule is CCOC(=O)c1[nH]c2ccccc2c1NC(=O)c1ccc(S(=O)(=O)N(CC)CC)cc1. The van der Waals surface area contributed by atoms with Gasteiger partial charge in [-0.05, 0) is 37.3 Å². The van der Waals surface area contributed by atoms with Crippen LogP contribution in [0.15, 0.2) is 53.4 Å². The fourth-order valence-electron chi connectivity index (χ4n) is 3.30. The molecular formula is C22H25N3O5S. The largest absolute Gasteiger partial charge is 0.461 e. The van der Waals surface area contributed by atoms with Gasteiger partial charge in [-0.1, -0.05) is 32.0 Å². The van der Waals surface area contributed by atoms with E-state index in [1.54, 1.807) is 39.0 Å². The highest BCUT2D eigenvalue weighted by atomic mass is 32.2. The van der Waals surface area contributed by atoms with E-state index >= 15 is 0 Å². The van der Waals surface area contributed by atoms with E-state index in [9.17, 15) is 18.0 Å². The highest BCUT2D eigenvalue weighted by molar-refractivity contribution is 7.89. The lowest BCUT2D eigenvalue weighted by Crippen LogP contribution is -2.30. The first-order valence-corrected chi connectivity index (χ1v) is 11.5. The summed E-state index contributed by atoms with van der Waals surface area (Å²) in [5.74, 6) is -1.04. The van der Waals surface area contributed by atoms with Crippen molar-refractivity contribution in [3.8, 4) is 0 Å². The van der Waals surface area contributed by atoms with Crippen LogP contribution in [0.2, 0.25) is 0 Å². The third-order valence-corrected chi connectivity index (χ3v) is 6.95. The number of amides is 1. The molecule has 8 nitrogen and oxygen atoms in total. The molecular weight excluding hydrogens is 418 g/mol. The summed E-state index contributed by atoms with van der Waals surface area (Å²) in [5, 5.41) is 3.43. The molecule has 0 spiro atoms. The number of carbonyl (C=O) groups excluding carboxylic acids is 2. The summed E-state index contributed by atoms with van der Waals surface area (Å²) in [6, 6.07) is 12.9. The number of benzene rings is 2. The first kappa shape index (κ1) is 22.5. The van der Waals surface area contributed by atoms with Crippen LogP contribution in [-0.4, -0.2) is 49.3 Å². The van der Waals surface area contributed by atoms with Crippen LogP contribution in [0.25, 0.3) is 10.9 Å². The number of H-pyrrole nitrogens is 1. The lowest BCUT2D eigenvalue weighted by Gasteiger charge is -2.18. The number of carbonyl (C=O) groups is 2. The van der Waals surface area contributed by atoms with Gasteiger partial charge in [0, 0.05) is 29.6 Å². The smallest absolute Gasteiger partial charge is 0.356 e. The molecule has 1 amide bonds. The van der Waals surface area contributed by atoms with Gasteiger partial charge in [0.25, 0.3) is 5.91 Å². The lowest BCUT2D eigenvalue weighted by atomic mass is 10.2. The molecule has 0 aliphatic heterocycles. The summed E-state index contributed by atoms with van der Waals surface area (Å²) in [7, 11) is -3.61. The van der Waals surface area contributed by atoms with Crippen LogP contribution in [-0.2, 0) is 14.8 Å². The van der Waals surface area contributed by atoms with Crippen LogP contribution >= 0.6 is 0 Å². The van der Waals surface area contributed by atoms with E-state index in [1.165, 1.54) is 28.6 Å². The molecule has 3 aromatic rings. The second kappa shape index (κ2) is 9.32. The number of sulfonamides is 1. The predicted molar refractivity (Wildman–Crippen MR) is 119 cm³/mol. The average molecular weight is 444 g/mol. The lowest BCUT2D eigenvalue weighted by molar-refractivity contribution is 0.0522. The van der Waals surface area contributed by atoms with Gasteiger partial charge in [-0.15, -0.1) is 0 Å². The third-order valence-electron chi connectivity index (χ3n) is 4.88. The van der Waals surface area contributed by atoms with E-state index in [0.717, 1.165) is 0 Å². The summed E-state index contributed by atoms with van der Waals surface area (Å²) < 4.78 is 31.7. The molecule has 0 fully saturated rings. The summed E-state index contributed by atoms with van der Waals surface area (Å²) in [6.45, 7) is 6.16. The van der Waals surface area contributed by atoms with Gasteiger partial charge < -0.3 is 15.0 Å². The van der Waals surface area contributed by atoms with E-state index in [-0.39, 0.29) is 22.8 Å². The summed E-state index contributed by atoms with van der Waals surface area (Å²) in [5.41, 5.74) is 1.41. The van der Waals surface area contributed by atoms with Crippen molar-refractivity contribution in [3.63, 3.8) is 0 Å². The van der Waals surface area contributed by atoms with E-state index in [2.05, 4.69) is 10.3 Å². The number of hydrogen-bond acceptors (Lipinski definition) is 5. The number of aromatic nitrogens is 1. The normalized spacial score (nSPS) is 11.6. The van der Waals surface area contributed by atoms with Crippen molar-refractivity contribution >= 4 is 38.5 Å². The zero-order chi connectivity index (χ0) is 22.6. The molecule has 0 saturated carbocycles. The molecule has 3 rings (SSSR count). The Hall–Kier alpha value is -3.17. The highest BCUT2D eigenvalue weighted by Crippen LogP contribution is 2.29. The monoisotopic (exact) mass is 443 g/mol. The quantitative estimate of drug-likeness (QED) is 0.517. The first-order chi connectivity index (χ1) is 14.8. The third kappa shape index (κ3) is 4.47. The van der Waals surface area contributed by atoms with Crippen molar-refractivity contribution in [1.82, 2.24) is 9.29 Å². The van der Waals surface area contributed by atoms with Crippen molar-refractivity contribution in [2.24, 2.45) is 0 Å². The topological polar surface area (TPSA) is 109 Å². The Labute approximate surface area is 181 Å². The molecule has 0 aliphatic rings. The van der Waals surface area contributed by atoms with Crippen molar-refractivity contribution in [1.29, 1.82) is 0 Å². The van der Waals surface area contributed by atoms with Crippen LogP contribution in [0.3, 0.4) is 0 Å². The molecule has 0 aliphatic carbocycles. The molecule has 0 bridgehead atoms. The van der Waals surface area contributed by atoms with Gasteiger partial charge in [-0.3, -0.25) is 4.79 Å². The van der Waals surface area contributed by atoms with Crippen LogP contribution in [0.1, 0.15) is 41.6 Å². The molecule has 1 heterocycles. The second-order valence-electron chi connectivity index (χ2n) is 6.71. The molecule has 0 atom stereocenters. The maximum Gasteiger partial charge on any atom is 0.356 e. The Bertz CT molecular complexity index is 1200. The first-order valence-electron chi connectivity index (χ1n) is 10.0. The number of anilines is 1. The summed E-state index contributed by atoms with van der Waals surface area (Å²) in [6.07, 6.45) is 0. The number of rotatable bonds is 8. The van der Waals surface area contributed by atoms with E-state index < -0.39 is 21.9 Å². The van der Waals surface area contributed by atoms with Gasteiger partial charge in [-0.2, -0.15) is 4.31 Å². The second-order valence-corrected chi connectivity index (χ2v) is 8.65. The number of ether oxygens (including phenoxy) is 1. The molecule has 0 unspecified atom stereocenters. The minimum Gasteiger partial charge on any atom is -0.461 e. The zero-order valence-electron chi connectivity index (χ0n) is 17.6. The Kier molecular flexibility index (Phi) is 6.77. The molecule has 31 heavy (non-hydrogen) atoms. The van der Waals surface area contributed by atoms with Crippen LogP contribution in [0.4, 0.5) is 5.69 Å². The van der Waals surface area contributed by atoms with E-state index in [4.69, 9.17) is 4.74 Å². The summed E-state index contributed by atoms with van der Waals surface area (Å²) in [4.78, 5) is 28.3.